The number of phenols is 1. The second-order valence-electron chi connectivity index (χ2n) is 4.39. The summed E-state index contributed by atoms with van der Waals surface area (Å²) in [6, 6.07) is 5.03. The zero-order chi connectivity index (χ0) is 13.4. The Morgan fingerprint density at radius 2 is 2.00 bits per heavy atom. The highest BCUT2D eigenvalue weighted by atomic mass is 16.6. The molecule has 0 radical (unpaired) electrons. The molecule has 0 aliphatic rings. The molecule has 4 heteroatoms. The van der Waals surface area contributed by atoms with Gasteiger partial charge in [0.05, 0.1) is 0 Å². The highest BCUT2D eigenvalue weighted by Gasteiger charge is 2.06. The Hall–Kier alpha value is -1.71. The van der Waals surface area contributed by atoms with E-state index >= 15 is 0 Å². The Labute approximate surface area is 108 Å². The summed E-state index contributed by atoms with van der Waals surface area (Å²) >= 11 is 0. The third-order valence-corrected chi connectivity index (χ3v) is 2.80. The molecule has 1 amide bonds. The minimum absolute atomic E-state index is 0.0662. The lowest BCUT2D eigenvalue weighted by molar-refractivity contribution is 0.209. The average molecular weight is 251 g/mol. The van der Waals surface area contributed by atoms with E-state index < -0.39 is 6.09 Å². The van der Waals surface area contributed by atoms with Crippen molar-refractivity contribution in [3.8, 4) is 11.5 Å². The molecule has 0 saturated carbocycles. The van der Waals surface area contributed by atoms with Crippen molar-refractivity contribution < 1.29 is 14.6 Å². The van der Waals surface area contributed by atoms with E-state index in [0.717, 1.165) is 18.4 Å². The van der Waals surface area contributed by atoms with Crippen molar-refractivity contribution in [3.05, 3.63) is 23.8 Å². The fourth-order valence-electron chi connectivity index (χ4n) is 1.84. The van der Waals surface area contributed by atoms with Crippen molar-refractivity contribution in [2.45, 2.75) is 45.4 Å². The number of aryl methyl sites for hydroxylation is 1. The molecule has 4 nitrogen and oxygen atoms in total. The fraction of sp³-hybridized carbons (Fsp3) is 0.500. The van der Waals surface area contributed by atoms with Crippen molar-refractivity contribution in [3.63, 3.8) is 0 Å². The third kappa shape index (κ3) is 5.08. The van der Waals surface area contributed by atoms with Gasteiger partial charge in [-0.3, -0.25) is 0 Å². The molecule has 0 atom stereocenters. The second kappa shape index (κ2) is 7.58. The first-order chi connectivity index (χ1) is 8.63. The Bertz CT molecular complexity index is 391. The molecule has 3 N–H and O–H groups in total. The molecule has 0 unspecified atom stereocenters. The number of carbonyl (C=O) groups is 1. The van der Waals surface area contributed by atoms with Crippen LogP contribution in [0, 0.1) is 0 Å². The minimum Gasteiger partial charge on any atom is -0.504 e. The topological polar surface area (TPSA) is 72.6 Å². The van der Waals surface area contributed by atoms with Crippen LogP contribution in [0.4, 0.5) is 4.79 Å². The van der Waals surface area contributed by atoms with Crippen LogP contribution in [-0.2, 0) is 6.42 Å². The Morgan fingerprint density at radius 1 is 1.28 bits per heavy atom. The van der Waals surface area contributed by atoms with Crippen LogP contribution in [0.2, 0.25) is 0 Å². The number of phenolic OH excluding ortho intramolecular Hbond substituents is 1. The Balaban J connectivity index is 2.48. The summed E-state index contributed by atoms with van der Waals surface area (Å²) in [5.74, 6) is 0.0668. The molecule has 0 fully saturated rings. The number of rotatable bonds is 7. The first-order valence-corrected chi connectivity index (χ1v) is 6.42. The molecule has 1 rings (SSSR count). The molecule has 1 aromatic carbocycles. The van der Waals surface area contributed by atoms with E-state index in [1.165, 1.54) is 31.7 Å². The van der Waals surface area contributed by atoms with E-state index in [2.05, 4.69) is 6.92 Å². The molecular weight excluding hydrogens is 230 g/mol. The number of hydrogen-bond acceptors (Lipinski definition) is 3. The number of nitrogens with two attached hydrogens (primary N) is 1. The minimum atomic E-state index is -0.912. The lowest BCUT2D eigenvalue weighted by atomic mass is 10.1. The van der Waals surface area contributed by atoms with E-state index in [-0.39, 0.29) is 11.5 Å². The maximum absolute atomic E-state index is 10.7. The maximum atomic E-state index is 10.7. The third-order valence-electron chi connectivity index (χ3n) is 2.80. The number of primary amides is 1. The molecule has 0 aliphatic carbocycles. The predicted molar refractivity (Wildman–Crippen MR) is 70.8 cm³/mol. The van der Waals surface area contributed by atoms with Gasteiger partial charge in [-0.1, -0.05) is 38.7 Å². The number of ether oxygens (including phenoxy) is 1. The van der Waals surface area contributed by atoms with Crippen LogP contribution in [0.5, 0.6) is 11.5 Å². The van der Waals surface area contributed by atoms with Gasteiger partial charge >= 0.3 is 6.09 Å². The van der Waals surface area contributed by atoms with Crippen LogP contribution in [0.1, 0.15) is 44.6 Å². The summed E-state index contributed by atoms with van der Waals surface area (Å²) in [7, 11) is 0. The fourth-order valence-corrected chi connectivity index (χ4v) is 1.84. The van der Waals surface area contributed by atoms with Crippen molar-refractivity contribution in [1.29, 1.82) is 0 Å². The first-order valence-electron chi connectivity index (χ1n) is 6.42. The van der Waals surface area contributed by atoms with Crippen LogP contribution in [0.25, 0.3) is 0 Å². The van der Waals surface area contributed by atoms with Gasteiger partial charge in [-0.2, -0.15) is 0 Å². The molecule has 0 heterocycles. The summed E-state index contributed by atoms with van der Waals surface area (Å²) < 4.78 is 4.72. The number of aromatic hydroxyl groups is 1. The zero-order valence-corrected chi connectivity index (χ0v) is 10.8. The van der Waals surface area contributed by atoms with Crippen LogP contribution >= 0.6 is 0 Å². The van der Waals surface area contributed by atoms with E-state index in [4.69, 9.17) is 10.5 Å². The van der Waals surface area contributed by atoms with Gasteiger partial charge in [-0.25, -0.2) is 4.79 Å². The lowest BCUT2D eigenvalue weighted by Gasteiger charge is -2.07. The molecule has 0 saturated heterocycles. The smallest absolute Gasteiger partial charge is 0.410 e. The van der Waals surface area contributed by atoms with Crippen LogP contribution < -0.4 is 10.5 Å². The van der Waals surface area contributed by atoms with Crippen molar-refractivity contribution in [1.82, 2.24) is 0 Å². The van der Waals surface area contributed by atoms with Gasteiger partial charge in [0.1, 0.15) is 0 Å². The van der Waals surface area contributed by atoms with Crippen LogP contribution in [-0.4, -0.2) is 11.2 Å². The van der Waals surface area contributed by atoms with Gasteiger partial charge in [0.15, 0.2) is 11.5 Å². The molecule has 1 aromatic rings. The largest absolute Gasteiger partial charge is 0.504 e. The predicted octanol–water partition coefficient (Wildman–Crippen LogP) is 3.36. The van der Waals surface area contributed by atoms with Crippen LogP contribution in [0.3, 0.4) is 0 Å². The molecule has 18 heavy (non-hydrogen) atoms. The quantitative estimate of drug-likeness (QED) is 0.730. The van der Waals surface area contributed by atoms with Gasteiger partial charge in [0.2, 0.25) is 0 Å². The highest BCUT2D eigenvalue weighted by molar-refractivity contribution is 5.69. The number of amides is 1. The Morgan fingerprint density at radius 3 is 2.67 bits per heavy atom. The summed E-state index contributed by atoms with van der Waals surface area (Å²) in [6.07, 6.45) is 6.05. The lowest BCUT2D eigenvalue weighted by Crippen LogP contribution is -2.16. The first kappa shape index (κ1) is 14.4. The van der Waals surface area contributed by atoms with Crippen molar-refractivity contribution >= 4 is 6.09 Å². The van der Waals surface area contributed by atoms with E-state index in [9.17, 15) is 9.90 Å². The Kier molecular flexibility index (Phi) is 6.05. The summed E-state index contributed by atoms with van der Waals surface area (Å²) in [5, 5.41) is 9.49. The van der Waals surface area contributed by atoms with E-state index in [1.807, 2.05) is 6.07 Å². The van der Waals surface area contributed by atoms with E-state index in [0.29, 0.717) is 0 Å². The van der Waals surface area contributed by atoms with Gasteiger partial charge in [-0.05, 0) is 30.5 Å². The van der Waals surface area contributed by atoms with E-state index in [1.54, 1.807) is 6.07 Å². The molecule has 100 valence electrons. The number of benzene rings is 1. The number of hydrogen-bond donors (Lipinski definition) is 2. The molecule has 0 aromatic heterocycles. The van der Waals surface area contributed by atoms with Gasteiger partial charge in [-0.15, -0.1) is 0 Å². The summed E-state index contributed by atoms with van der Waals surface area (Å²) in [6.45, 7) is 2.19. The molecule has 0 bridgehead atoms. The highest BCUT2D eigenvalue weighted by Crippen LogP contribution is 2.27. The average Bonchev–Trinajstić information content (AvgIpc) is 2.32. The molecular formula is C14H21NO3. The SMILES string of the molecule is CCCCCCCc1ccc(O)c(OC(N)=O)c1. The summed E-state index contributed by atoms with van der Waals surface area (Å²) in [5.41, 5.74) is 5.97. The van der Waals surface area contributed by atoms with Gasteiger partial charge in [0, 0.05) is 0 Å². The normalized spacial score (nSPS) is 10.3. The van der Waals surface area contributed by atoms with Gasteiger partial charge < -0.3 is 15.6 Å². The zero-order valence-electron chi connectivity index (χ0n) is 10.8. The number of carbonyl (C=O) groups excluding carboxylic acids is 1. The monoisotopic (exact) mass is 251 g/mol. The standard InChI is InChI=1S/C14H21NO3/c1-2-3-4-5-6-7-11-8-9-12(16)13(10-11)18-14(15)17/h8-10,16H,2-7H2,1H3,(H2,15,17). The van der Waals surface area contributed by atoms with Crippen molar-refractivity contribution in [2.24, 2.45) is 5.73 Å². The van der Waals surface area contributed by atoms with Crippen LogP contribution in [0.15, 0.2) is 18.2 Å². The number of unbranched alkanes of at least 4 members (excludes halogenated alkanes) is 4. The molecule has 0 aliphatic heterocycles. The van der Waals surface area contributed by atoms with Crippen molar-refractivity contribution in [2.75, 3.05) is 0 Å². The maximum Gasteiger partial charge on any atom is 0.410 e. The molecule has 0 spiro atoms. The second-order valence-corrected chi connectivity index (χ2v) is 4.39. The summed E-state index contributed by atoms with van der Waals surface area (Å²) in [4.78, 5) is 10.7. The van der Waals surface area contributed by atoms with Gasteiger partial charge in [0.25, 0.3) is 0 Å².